The van der Waals surface area contributed by atoms with E-state index in [-0.39, 0.29) is 0 Å². The van der Waals surface area contributed by atoms with Gasteiger partial charge in [-0.05, 0) is 41.3 Å². The Balaban J connectivity index is 1.85. The third-order valence-electron chi connectivity index (χ3n) is 5.31. The van der Waals surface area contributed by atoms with Gasteiger partial charge >= 0.3 is 0 Å². The van der Waals surface area contributed by atoms with E-state index in [1.807, 2.05) is 0 Å². The van der Waals surface area contributed by atoms with Crippen molar-refractivity contribution in [1.82, 2.24) is 4.57 Å². The van der Waals surface area contributed by atoms with Gasteiger partial charge in [-0.1, -0.05) is 97.1 Å². The molecule has 0 N–H and O–H groups in total. The smallest absolute Gasteiger partial charge is 0.0561 e. The molecule has 0 bridgehead atoms. The SMILES string of the molecule is Cc1ccccc1-n1c(P(c2ccccc2)c2ccccc2)cc2ccccc21. The summed E-state index contributed by atoms with van der Waals surface area (Å²) in [6, 6.07) is 41.6. The Morgan fingerprint density at radius 1 is 0.586 bits per heavy atom. The third-order valence-corrected chi connectivity index (χ3v) is 7.72. The zero-order chi connectivity index (χ0) is 19.6. The molecule has 0 atom stereocenters. The molecular formula is C27H22NP. The Morgan fingerprint density at radius 3 is 1.79 bits per heavy atom. The third kappa shape index (κ3) is 3.28. The van der Waals surface area contributed by atoms with Gasteiger partial charge in [-0.15, -0.1) is 0 Å². The molecule has 0 radical (unpaired) electrons. The highest BCUT2D eigenvalue weighted by Gasteiger charge is 2.23. The van der Waals surface area contributed by atoms with Crippen molar-refractivity contribution in [1.29, 1.82) is 0 Å². The fourth-order valence-electron chi connectivity index (χ4n) is 3.94. The van der Waals surface area contributed by atoms with Crippen molar-refractivity contribution in [2.45, 2.75) is 6.92 Å². The predicted octanol–water partition coefficient (Wildman–Crippen LogP) is 5.70. The van der Waals surface area contributed by atoms with E-state index in [1.165, 1.54) is 38.2 Å². The molecule has 5 rings (SSSR count). The molecule has 0 spiro atoms. The molecule has 4 aromatic carbocycles. The lowest BCUT2D eigenvalue weighted by Gasteiger charge is -2.22. The van der Waals surface area contributed by atoms with Gasteiger partial charge in [0.1, 0.15) is 0 Å². The molecule has 0 amide bonds. The molecule has 0 fully saturated rings. The molecule has 2 heteroatoms. The minimum atomic E-state index is -0.687. The molecule has 1 heterocycles. The molecule has 1 nitrogen and oxygen atoms in total. The van der Waals surface area contributed by atoms with Crippen LogP contribution in [0.25, 0.3) is 16.6 Å². The van der Waals surface area contributed by atoms with Gasteiger partial charge in [-0.2, -0.15) is 0 Å². The molecule has 0 saturated carbocycles. The van der Waals surface area contributed by atoms with Gasteiger partial charge < -0.3 is 4.57 Å². The van der Waals surface area contributed by atoms with Crippen molar-refractivity contribution in [3.63, 3.8) is 0 Å². The number of fused-ring (bicyclic) bond motifs is 1. The van der Waals surface area contributed by atoms with E-state index in [4.69, 9.17) is 0 Å². The van der Waals surface area contributed by atoms with Crippen LogP contribution in [0.15, 0.2) is 115 Å². The van der Waals surface area contributed by atoms with Crippen molar-refractivity contribution in [2.75, 3.05) is 0 Å². The molecule has 5 aromatic rings. The van der Waals surface area contributed by atoms with Crippen LogP contribution in [0.3, 0.4) is 0 Å². The van der Waals surface area contributed by atoms with Gasteiger partial charge in [0.2, 0.25) is 0 Å². The summed E-state index contributed by atoms with van der Waals surface area (Å²) in [6.07, 6.45) is 0. The van der Waals surface area contributed by atoms with Crippen LogP contribution in [0.4, 0.5) is 0 Å². The number of aryl methyl sites for hydroxylation is 1. The minimum absolute atomic E-state index is 0.687. The van der Waals surface area contributed by atoms with Crippen LogP contribution in [0.1, 0.15) is 5.56 Å². The Bertz CT molecular complexity index is 1220. The van der Waals surface area contributed by atoms with Gasteiger partial charge in [-0.25, -0.2) is 0 Å². The number of hydrogen-bond acceptors (Lipinski definition) is 0. The van der Waals surface area contributed by atoms with Crippen LogP contribution >= 0.6 is 7.92 Å². The largest absolute Gasteiger partial charge is 0.309 e. The van der Waals surface area contributed by atoms with Crippen molar-refractivity contribution < 1.29 is 0 Å². The molecule has 0 aliphatic rings. The molecule has 29 heavy (non-hydrogen) atoms. The van der Waals surface area contributed by atoms with E-state index in [2.05, 4.69) is 127 Å². The first-order valence-electron chi connectivity index (χ1n) is 9.90. The van der Waals surface area contributed by atoms with E-state index < -0.39 is 7.92 Å². The summed E-state index contributed by atoms with van der Waals surface area (Å²) in [5, 5.41) is 4.02. The zero-order valence-electron chi connectivity index (χ0n) is 16.4. The second-order valence-electron chi connectivity index (χ2n) is 7.19. The Morgan fingerprint density at radius 2 is 1.14 bits per heavy atom. The number of rotatable bonds is 4. The summed E-state index contributed by atoms with van der Waals surface area (Å²) >= 11 is 0. The summed E-state index contributed by atoms with van der Waals surface area (Å²) in [7, 11) is -0.687. The molecule has 0 aliphatic heterocycles. The number of aromatic nitrogens is 1. The Hall–Kier alpha value is -3.15. The highest BCUT2D eigenvalue weighted by molar-refractivity contribution is 7.79. The quantitative estimate of drug-likeness (QED) is 0.347. The van der Waals surface area contributed by atoms with Gasteiger partial charge in [0, 0.05) is 19.0 Å². The summed E-state index contributed by atoms with van der Waals surface area (Å²) in [5.74, 6) is 0. The summed E-state index contributed by atoms with van der Waals surface area (Å²) < 4.78 is 2.47. The maximum atomic E-state index is 2.47. The van der Waals surface area contributed by atoms with E-state index in [1.54, 1.807) is 0 Å². The molecular weight excluding hydrogens is 369 g/mol. The highest BCUT2D eigenvalue weighted by Crippen LogP contribution is 2.36. The highest BCUT2D eigenvalue weighted by atomic mass is 31.1. The fraction of sp³-hybridized carbons (Fsp3) is 0.0370. The molecule has 0 unspecified atom stereocenters. The number of para-hydroxylation sites is 2. The minimum Gasteiger partial charge on any atom is -0.309 e. The number of nitrogens with zero attached hydrogens (tertiary/aromatic N) is 1. The fourth-order valence-corrected chi connectivity index (χ4v) is 6.39. The molecule has 0 aliphatic carbocycles. The average Bonchev–Trinajstić information content (AvgIpc) is 3.15. The van der Waals surface area contributed by atoms with Crippen LogP contribution in [-0.4, -0.2) is 4.57 Å². The second-order valence-corrected chi connectivity index (χ2v) is 9.35. The number of benzene rings is 4. The van der Waals surface area contributed by atoms with Gasteiger partial charge in [-0.3, -0.25) is 0 Å². The van der Waals surface area contributed by atoms with Gasteiger partial charge in [0.15, 0.2) is 0 Å². The standard InChI is InChI=1S/C27H22NP/c1-21-12-8-10-18-25(21)28-26-19-11-9-13-22(26)20-27(28)29(23-14-4-2-5-15-23)24-16-6-3-7-17-24/h2-20H,1H3. The first-order valence-corrected chi connectivity index (χ1v) is 11.2. The van der Waals surface area contributed by atoms with E-state index in [9.17, 15) is 0 Å². The van der Waals surface area contributed by atoms with Crippen LogP contribution in [0.2, 0.25) is 0 Å². The lowest BCUT2D eigenvalue weighted by Crippen LogP contribution is -2.25. The van der Waals surface area contributed by atoms with Crippen LogP contribution in [-0.2, 0) is 0 Å². The van der Waals surface area contributed by atoms with E-state index >= 15 is 0 Å². The summed E-state index contributed by atoms with van der Waals surface area (Å²) in [4.78, 5) is 0. The summed E-state index contributed by atoms with van der Waals surface area (Å²) in [6.45, 7) is 2.20. The Labute approximate surface area is 173 Å². The molecule has 140 valence electrons. The first-order chi connectivity index (χ1) is 14.3. The summed E-state index contributed by atoms with van der Waals surface area (Å²) in [5.41, 5.74) is 5.15. The zero-order valence-corrected chi connectivity index (χ0v) is 17.3. The van der Waals surface area contributed by atoms with Crippen LogP contribution in [0.5, 0.6) is 0 Å². The van der Waals surface area contributed by atoms with E-state index in [0.717, 1.165) is 0 Å². The maximum Gasteiger partial charge on any atom is 0.0561 e. The second kappa shape index (κ2) is 7.70. The first kappa shape index (κ1) is 17.9. The van der Waals surface area contributed by atoms with E-state index in [0.29, 0.717) is 0 Å². The topological polar surface area (TPSA) is 4.93 Å². The Kier molecular flexibility index (Phi) is 4.76. The predicted molar refractivity (Wildman–Crippen MR) is 127 cm³/mol. The maximum absolute atomic E-state index is 2.47. The lowest BCUT2D eigenvalue weighted by atomic mass is 10.2. The average molecular weight is 391 g/mol. The van der Waals surface area contributed by atoms with Crippen LogP contribution < -0.4 is 16.0 Å². The molecule has 0 saturated heterocycles. The molecule has 1 aromatic heterocycles. The van der Waals surface area contributed by atoms with Gasteiger partial charge in [0.25, 0.3) is 0 Å². The lowest BCUT2D eigenvalue weighted by molar-refractivity contribution is 1.14. The monoisotopic (exact) mass is 391 g/mol. The van der Waals surface area contributed by atoms with Crippen molar-refractivity contribution >= 4 is 34.9 Å². The van der Waals surface area contributed by atoms with Crippen molar-refractivity contribution in [2.24, 2.45) is 0 Å². The normalized spacial score (nSPS) is 11.2. The van der Waals surface area contributed by atoms with Gasteiger partial charge in [0.05, 0.1) is 11.0 Å². The number of hydrogen-bond donors (Lipinski definition) is 0. The van der Waals surface area contributed by atoms with Crippen molar-refractivity contribution in [3.8, 4) is 5.69 Å². The van der Waals surface area contributed by atoms with Crippen molar-refractivity contribution in [3.05, 3.63) is 121 Å². The van der Waals surface area contributed by atoms with Crippen LogP contribution in [0, 0.1) is 6.92 Å².